The van der Waals surface area contributed by atoms with Crippen LogP contribution in [0, 0.1) is 0 Å². The van der Waals surface area contributed by atoms with Crippen LogP contribution >= 0.6 is 11.6 Å². The van der Waals surface area contributed by atoms with Crippen molar-refractivity contribution in [3.05, 3.63) is 89.4 Å². The van der Waals surface area contributed by atoms with Gasteiger partial charge in [-0.3, -0.25) is 9.69 Å². The first-order valence-electron chi connectivity index (χ1n) is 13.1. The zero-order chi connectivity index (χ0) is 25.4. The molecule has 0 amide bonds. The van der Waals surface area contributed by atoms with Gasteiger partial charge in [0.25, 0.3) is 0 Å². The zero-order valence-electron chi connectivity index (χ0n) is 21.5. The number of rotatable bonds is 10. The van der Waals surface area contributed by atoms with Crippen molar-refractivity contribution in [1.82, 2.24) is 4.90 Å². The molecule has 1 atom stereocenters. The van der Waals surface area contributed by atoms with E-state index in [1.807, 2.05) is 62.4 Å². The lowest BCUT2D eigenvalue weighted by Crippen LogP contribution is -2.47. The average molecular weight is 505 g/mol. The molecular formula is C31H37ClN2O2. The smallest absolute Gasteiger partial charge is 0.316 e. The Kier molecular flexibility index (Phi) is 9.06. The van der Waals surface area contributed by atoms with Crippen LogP contribution in [-0.2, 0) is 14.9 Å². The number of halogens is 1. The van der Waals surface area contributed by atoms with Gasteiger partial charge in [-0.25, -0.2) is 0 Å². The molecule has 0 radical (unpaired) electrons. The van der Waals surface area contributed by atoms with Crippen molar-refractivity contribution in [1.29, 1.82) is 0 Å². The number of benzene rings is 3. The van der Waals surface area contributed by atoms with Gasteiger partial charge in [-0.1, -0.05) is 79.2 Å². The van der Waals surface area contributed by atoms with E-state index in [2.05, 4.69) is 40.1 Å². The molecule has 5 heteroatoms. The Labute approximate surface area is 220 Å². The van der Waals surface area contributed by atoms with E-state index in [0.29, 0.717) is 6.61 Å². The van der Waals surface area contributed by atoms with Crippen LogP contribution in [0.3, 0.4) is 0 Å². The van der Waals surface area contributed by atoms with Crippen LogP contribution in [0.15, 0.2) is 78.9 Å². The van der Waals surface area contributed by atoms with Gasteiger partial charge >= 0.3 is 5.97 Å². The van der Waals surface area contributed by atoms with E-state index in [1.54, 1.807) is 0 Å². The van der Waals surface area contributed by atoms with E-state index in [9.17, 15) is 4.79 Å². The summed E-state index contributed by atoms with van der Waals surface area (Å²) in [7, 11) is 0. The fourth-order valence-electron chi connectivity index (χ4n) is 4.98. The molecule has 0 aliphatic carbocycles. The van der Waals surface area contributed by atoms with Gasteiger partial charge in [-0.2, -0.15) is 0 Å². The summed E-state index contributed by atoms with van der Waals surface area (Å²) < 4.78 is 5.60. The van der Waals surface area contributed by atoms with Gasteiger partial charge in [-0.15, -0.1) is 0 Å². The van der Waals surface area contributed by atoms with Gasteiger partial charge in [0.1, 0.15) is 0 Å². The Morgan fingerprint density at radius 2 is 1.67 bits per heavy atom. The van der Waals surface area contributed by atoms with Crippen LogP contribution < -0.4 is 4.90 Å². The largest absolute Gasteiger partial charge is 0.465 e. The van der Waals surface area contributed by atoms with E-state index in [-0.39, 0.29) is 5.97 Å². The molecule has 1 unspecified atom stereocenters. The van der Waals surface area contributed by atoms with E-state index >= 15 is 0 Å². The second kappa shape index (κ2) is 12.4. The highest BCUT2D eigenvalue weighted by Crippen LogP contribution is 2.32. The maximum Gasteiger partial charge on any atom is 0.316 e. The number of esters is 1. The summed E-state index contributed by atoms with van der Waals surface area (Å²) in [6.07, 6.45) is 2.57. The molecule has 1 heterocycles. The summed E-state index contributed by atoms with van der Waals surface area (Å²) in [5.74, 6) is -0.112. The van der Waals surface area contributed by atoms with E-state index < -0.39 is 5.41 Å². The van der Waals surface area contributed by atoms with Crippen LogP contribution in [0.4, 0.5) is 5.69 Å². The number of hydrogen-bond donors (Lipinski definition) is 0. The average Bonchev–Trinajstić information content (AvgIpc) is 2.93. The normalized spacial score (nSPS) is 15.9. The monoisotopic (exact) mass is 504 g/mol. The number of carbonyl (C=O) groups is 1. The standard InChI is InChI=1S/C31H37ClN2O2/c1-3-23-36-30(35)31(2,26-12-5-4-6-13-26)17-10-18-33-19-21-34(22-20-33)27-14-9-11-25(24-27)28-15-7-8-16-29(28)32/h4-9,11-16,24H,3,10,17-23H2,1-2H3. The molecule has 0 aromatic heterocycles. The van der Waals surface area contributed by atoms with Crippen molar-refractivity contribution in [2.75, 3.05) is 44.2 Å². The van der Waals surface area contributed by atoms with E-state index in [4.69, 9.17) is 16.3 Å². The van der Waals surface area contributed by atoms with Crippen LogP contribution in [0.2, 0.25) is 5.02 Å². The summed E-state index contributed by atoms with van der Waals surface area (Å²) in [5, 5.41) is 0.778. The van der Waals surface area contributed by atoms with Gasteiger partial charge in [0.2, 0.25) is 0 Å². The molecule has 36 heavy (non-hydrogen) atoms. The lowest BCUT2D eigenvalue weighted by atomic mass is 9.78. The topological polar surface area (TPSA) is 32.8 Å². The minimum Gasteiger partial charge on any atom is -0.465 e. The predicted octanol–water partition coefficient (Wildman–Crippen LogP) is 6.82. The Morgan fingerprint density at radius 3 is 2.39 bits per heavy atom. The highest BCUT2D eigenvalue weighted by atomic mass is 35.5. The van der Waals surface area contributed by atoms with Crippen LogP contribution in [-0.4, -0.2) is 50.2 Å². The molecule has 1 fully saturated rings. The van der Waals surface area contributed by atoms with Crippen molar-refractivity contribution in [3.63, 3.8) is 0 Å². The lowest BCUT2D eigenvalue weighted by molar-refractivity contribution is -0.150. The molecule has 4 nitrogen and oxygen atoms in total. The van der Waals surface area contributed by atoms with Crippen molar-refractivity contribution >= 4 is 23.3 Å². The molecule has 3 aromatic rings. The first kappa shape index (κ1) is 26.2. The van der Waals surface area contributed by atoms with Crippen molar-refractivity contribution in [2.45, 2.75) is 38.5 Å². The fourth-order valence-corrected chi connectivity index (χ4v) is 5.22. The maximum atomic E-state index is 13.0. The molecule has 3 aromatic carbocycles. The van der Waals surface area contributed by atoms with Gasteiger partial charge in [0, 0.05) is 42.5 Å². The number of piperazine rings is 1. The molecule has 1 aliphatic heterocycles. The summed E-state index contributed by atoms with van der Waals surface area (Å²) in [6, 6.07) is 26.7. The van der Waals surface area contributed by atoms with Crippen molar-refractivity contribution in [2.24, 2.45) is 0 Å². The Morgan fingerprint density at radius 1 is 0.944 bits per heavy atom. The van der Waals surface area contributed by atoms with Crippen LogP contribution in [0.5, 0.6) is 0 Å². The summed E-state index contributed by atoms with van der Waals surface area (Å²) >= 11 is 6.43. The number of carbonyl (C=O) groups excluding carboxylic acids is 1. The van der Waals surface area contributed by atoms with E-state index in [1.165, 1.54) is 5.69 Å². The fraction of sp³-hybridized carbons (Fsp3) is 0.387. The Bertz CT molecular complexity index is 1130. The molecule has 0 N–H and O–H groups in total. The third-order valence-electron chi connectivity index (χ3n) is 7.22. The number of hydrogen-bond acceptors (Lipinski definition) is 4. The highest BCUT2D eigenvalue weighted by Gasteiger charge is 2.36. The first-order valence-corrected chi connectivity index (χ1v) is 13.4. The minimum atomic E-state index is -0.614. The quantitative estimate of drug-likeness (QED) is 0.283. The van der Waals surface area contributed by atoms with Gasteiger partial charge < -0.3 is 9.64 Å². The highest BCUT2D eigenvalue weighted by molar-refractivity contribution is 6.33. The van der Waals surface area contributed by atoms with Crippen LogP contribution in [0.1, 0.15) is 38.7 Å². The number of anilines is 1. The molecular weight excluding hydrogens is 468 g/mol. The molecule has 4 rings (SSSR count). The molecule has 0 bridgehead atoms. The summed E-state index contributed by atoms with van der Waals surface area (Å²) in [6.45, 7) is 9.51. The van der Waals surface area contributed by atoms with Gasteiger partial charge in [0.05, 0.1) is 12.0 Å². The number of ether oxygens (including phenoxy) is 1. The third-order valence-corrected chi connectivity index (χ3v) is 7.55. The van der Waals surface area contributed by atoms with E-state index in [0.717, 1.165) is 73.7 Å². The molecule has 190 valence electrons. The van der Waals surface area contributed by atoms with Crippen molar-refractivity contribution < 1.29 is 9.53 Å². The number of nitrogens with zero attached hydrogens (tertiary/aromatic N) is 2. The second-order valence-electron chi connectivity index (χ2n) is 9.80. The Hall–Kier alpha value is -2.82. The SMILES string of the molecule is CCCOC(=O)C(C)(CCCN1CCN(c2cccc(-c3ccccc3Cl)c2)CC1)c1ccccc1. The predicted molar refractivity (Wildman–Crippen MR) is 150 cm³/mol. The second-order valence-corrected chi connectivity index (χ2v) is 10.2. The zero-order valence-corrected chi connectivity index (χ0v) is 22.2. The minimum absolute atomic E-state index is 0.112. The van der Waals surface area contributed by atoms with Crippen molar-refractivity contribution in [3.8, 4) is 11.1 Å². The Balaban J connectivity index is 1.33. The van der Waals surface area contributed by atoms with Crippen LogP contribution in [0.25, 0.3) is 11.1 Å². The molecule has 0 spiro atoms. The molecule has 1 aliphatic rings. The van der Waals surface area contributed by atoms with Gasteiger partial charge in [-0.05, 0) is 62.1 Å². The third kappa shape index (κ3) is 6.29. The lowest BCUT2D eigenvalue weighted by Gasteiger charge is -2.37. The summed E-state index contributed by atoms with van der Waals surface area (Å²) in [5.41, 5.74) is 3.88. The molecule has 0 saturated carbocycles. The first-order chi connectivity index (χ1) is 17.5. The van der Waals surface area contributed by atoms with Gasteiger partial charge in [0.15, 0.2) is 0 Å². The summed E-state index contributed by atoms with van der Waals surface area (Å²) in [4.78, 5) is 18.0. The molecule has 1 saturated heterocycles. The maximum absolute atomic E-state index is 13.0.